The van der Waals surface area contributed by atoms with Crippen LogP contribution in [0, 0.1) is 0 Å². The molecule has 9 heteroatoms. The lowest BCUT2D eigenvalue weighted by Gasteiger charge is -2.09. The molecule has 3 aromatic heterocycles. The second-order valence-corrected chi connectivity index (χ2v) is 7.63. The number of nitrogens with zero attached hydrogens (tertiary/aromatic N) is 4. The summed E-state index contributed by atoms with van der Waals surface area (Å²) in [6.07, 6.45) is 5.21. The fraction of sp³-hybridized carbons (Fsp3) is 0.120. The third-order valence-electron chi connectivity index (χ3n) is 5.46. The topological polar surface area (TPSA) is 118 Å². The molecule has 3 N–H and O–H groups in total. The molecule has 9 nitrogen and oxygen atoms in total. The van der Waals surface area contributed by atoms with Gasteiger partial charge in [-0.2, -0.15) is 5.10 Å². The monoisotopic (exact) mass is 454 g/mol. The van der Waals surface area contributed by atoms with Crippen LogP contribution < -0.4 is 10.1 Å². The molecule has 0 unspecified atom stereocenters. The second kappa shape index (κ2) is 9.07. The molecule has 1 amide bonds. The highest BCUT2D eigenvalue weighted by molar-refractivity contribution is 5.97. The van der Waals surface area contributed by atoms with Gasteiger partial charge < -0.3 is 20.1 Å². The van der Waals surface area contributed by atoms with Crippen LogP contribution in [-0.4, -0.2) is 49.4 Å². The van der Waals surface area contributed by atoms with Gasteiger partial charge in [-0.05, 0) is 54.1 Å². The summed E-state index contributed by atoms with van der Waals surface area (Å²) in [6, 6.07) is 16.1. The lowest BCUT2D eigenvalue weighted by Crippen LogP contribution is -2.27. The largest absolute Gasteiger partial charge is 0.507 e. The number of aromatic nitrogens is 5. The molecule has 34 heavy (non-hydrogen) atoms. The van der Waals surface area contributed by atoms with Gasteiger partial charge in [0.15, 0.2) is 0 Å². The smallest absolute Gasteiger partial charge is 0.251 e. The standard InChI is InChI=1S/C25H22N6O3/c1-34-25-18(4-2-9-27-25)16-6-8-22(32)19(14-16)23-29-20-7-5-17(15-21(20)30-23)24(33)26-11-13-31-12-3-10-28-31/h2-10,12,14-15,32H,11,13H2,1H3,(H,26,33)(H,29,30). The van der Waals surface area contributed by atoms with Crippen molar-refractivity contribution in [1.82, 2.24) is 30.0 Å². The number of rotatable bonds is 7. The molecule has 0 radical (unpaired) electrons. The highest BCUT2D eigenvalue weighted by atomic mass is 16.5. The molecule has 0 saturated carbocycles. The van der Waals surface area contributed by atoms with Crippen molar-refractivity contribution >= 4 is 16.9 Å². The van der Waals surface area contributed by atoms with Gasteiger partial charge in [0.25, 0.3) is 5.91 Å². The van der Waals surface area contributed by atoms with E-state index in [1.165, 1.54) is 0 Å². The van der Waals surface area contributed by atoms with Crippen LogP contribution in [0.25, 0.3) is 33.5 Å². The fourth-order valence-corrected chi connectivity index (χ4v) is 3.76. The van der Waals surface area contributed by atoms with E-state index in [4.69, 9.17) is 4.74 Å². The van der Waals surface area contributed by atoms with Crippen LogP contribution in [0.5, 0.6) is 11.6 Å². The predicted octanol–water partition coefficient (Wildman–Crippen LogP) is 3.63. The van der Waals surface area contributed by atoms with Crippen LogP contribution in [0.3, 0.4) is 0 Å². The fourth-order valence-electron chi connectivity index (χ4n) is 3.76. The minimum Gasteiger partial charge on any atom is -0.507 e. The lowest BCUT2D eigenvalue weighted by atomic mass is 10.0. The third kappa shape index (κ3) is 4.18. The summed E-state index contributed by atoms with van der Waals surface area (Å²) in [5.41, 5.74) is 4.05. The van der Waals surface area contributed by atoms with E-state index in [0.29, 0.717) is 41.4 Å². The molecular weight excluding hydrogens is 432 g/mol. The van der Waals surface area contributed by atoms with E-state index < -0.39 is 0 Å². The Bertz CT molecular complexity index is 1460. The first-order valence-electron chi connectivity index (χ1n) is 10.7. The zero-order chi connectivity index (χ0) is 23.5. The number of phenolic OH excluding ortho intramolecular Hbond substituents is 1. The quantitative estimate of drug-likeness (QED) is 0.346. The predicted molar refractivity (Wildman–Crippen MR) is 128 cm³/mol. The molecular formula is C25H22N6O3. The Balaban J connectivity index is 1.41. The van der Waals surface area contributed by atoms with Gasteiger partial charge in [-0.25, -0.2) is 9.97 Å². The van der Waals surface area contributed by atoms with Gasteiger partial charge in [-0.15, -0.1) is 0 Å². The van der Waals surface area contributed by atoms with Crippen molar-refractivity contribution < 1.29 is 14.6 Å². The number of phenols is 1. The van der Waals surface area contributed by atoms with Gasteiger partial charge in [0.2, 0.25) is 5.88 Å². The number of pyridine rings is 1. The molecule has 5 aromatic rings. The highest BCUT2D eigenvalue weighted by Crippen LogP contribution is 2.35. The van der Waals surface area contributed by atoms with Gasteiger partial charge in [-0.3, -0.25) is 9.48 Å². The number of ether oxygens (including phenoxy) is 1. The van der Waals surface area contributed by atoms with Crippen molar-refractivity contribution in [2.24, 2.45) is 0 Å². The molecule has 0 atom stereocenters. The number of carbonyl (C=O) groups is 1. The van der Waals surface area contributed by atoms with Crippen LogP contribution >= 0.6 is 0 Å². The molecule has 0 spiro atoms. The van der Waals surface area contributed by atoms with Crippen LogP contribution in [0.4, 0.5) is 0 Å². The van der Waals surface area contributed by atoms with Crippen molar-refractivity contribution in [2.75, 3.05) is 13.7 Å². The average Bonchev–Trinajstić information content (AvgIpc) is 3.53. The van der Waals surface area contributed by atoms with Crippen LogP contribution in [0.2, 0.25) is 0 Å². The normalized spacial score (nSPS) is 11.0. The highest BCUT2D eigenvalue weighted by Gasteiger charge is 2.15. The summed E-state index contributed by atoms with van der Waals surface area (Å²) in [5.74, 6) is 0.884. The zero-order valence-electron chi connectivity index (χ0n) is 18.4. The van der Waals surface area contributed by atoms with E-state index >= 15 is 0 Å². The SMILES string of the molecule is COc1ncccc1-c1ccc(O)c(-c2nc3cc(C(=O)NCCn4cccn4)ccc3[nH]2)c1. The molecule has 0 bridgehead atoms. The number of aromatic amines is 1. The Morgan fingerprint density at radius 2 is 2.03 bits per heavy atom. The molecule has 0 aliphatic heterocycles. The number of fused-ring (bicyclic) bond motifs is 1. The zero-order valence-corrected chi connectivity index (χ0v) is 18.4. The van der Waals surface area contributed by atoms with Crippen LogP contribution in [0.15, 0.2) is 73.2 Å². The Hall–Kier alpha value is -4.66. The maximum Gasteiger partial charge on any atom is 0.251 e. The number of carbonyl (C=O) groups excluding carboxylic acids is 1. The van der Waals surface area contributed by atoms with Gasteiger partial charge >= 0.3 is 0 Å². The van der Waals surface area contributed by atoms with E-state index in [2.05, 4.69) is 25.4 Å². The van der Waals surface area contributed by atoms with E-state index in [0.717, 1.165) is 16.6 Å². The number of H-pyrrole nitrogens is 1. The minimum absolute atomic E-state index is 0.0854. The maximum atomic E-state index is 12.6. The molecule has 3 heterocycles. The van der Waals surface area contributed by atoms with E-state index in [1.807, 2.05) is 30.5 Å². The number of methoxy groups -OCH3 is 1. The van der Waals surface area contributed by atoms with Gasteiger partial charge in [-0.1, -0.05) is 6.07 Å². The molecule has 0 aliphatic rings. The van der Waals surface area contributed by atoms with Gasteiger partial charge in [0, 0.05) is 36.3 Å². The molecule has 170 valence electrons. The lowest BCUT2D eigenvalue weighted by molar-refractivity contribution is 0.0952. The van der Waals surface area contributed by atoms with E-state index in [9.17, 15) is 9.90 Å². The number of nitrogens with one attached hydrogen (secondary N) is 2. The second-order valence-electron chi connectivity index (χ2n) is 7.63. The first-order chi connectivity index (χ1) is 16.6. The minimum atomic E-state index is -0.188. The molecule has 2 aromatic carbocycles. The van der Waals surface area contributed by atoms with Crippen LogP contribution in [0.1, 0.15) is 10.4 Å². The van der Waals surface area contributed by atoms with Crippen molar-refractivity contribution in [3.05, 3.63) is 78.8 Å². The molecule has 0 fully saturated rings. The number of benzene rings is 2. The summed E-state index contributed by atoms with van der Waals surface area (Å²) < 4.78 is 7.12. The number of amides is 1. The van der Waals surface area contributed by atoms with E-state index in [1.54, 1.807) is 54.5 Å². The number of hydrogen-bond donors (Lipinski definition) is 3. The first-order valence-corrected chi connectivity index (χ1v) is 10.7. The molecule has 0 saturated heterocycles. The Kier molecular flexibility index (Phi) is 5.65. The van der Waals surface area contributed by atoms with Gasteiger partial charge in [0.05, 0.1) is 30.3 Å². The summed E-state index contributed by atoms with van der Waals surface area (Å²) in [4.78, 5) is 24.7. The number of imidazole rings is 1. The summed E-state index contributed by atoms with van der Waals surface area (Å²) in [7, 11) is 1.57. The molecule has 5 rings (SSSR count). The Labute approximate surface area is 195 Å². The van der Waals surface area contributed by atoms with Crippen LogP contribution in [-0.2, 0) is 6.54 Å². The Morgan fingerprint density at radius 1 is 1.12 bits per heavy atom. The summed E-state index contributed by atoms with van der Waals surface area (Å²) in [6.45, 7) is 1.05. The number of aromatic hydroxyl groups is 1. The molecule has 0 aliphatic carbocycles. The Morgan fingerprint density at radius 3 is 2.85 bits per heavy atom. The maximum absolute atomic E-state index is 12.6. The summed E-state index contributed by atoms with van der Waals surface area (Å²) in [5, 5.41) is 17.5. The van der Waals surface area contributed by atoms with Crippen molar-refractivity contribution in [2.45, 2.75) is 6.54 Å². The van der Waals surface area contributed by atoms with E-state index in [-0.39, 0.29) is 11.7 Å². The number of hydrogen-bond acceptors (Lipinski definition) is 6. The first kappa shape index (κ1) is 21.2. The average molecular weight is 454 g/mol. The summed E-state index contributed by atoms with van der Waals surface area (Å²) >= 11 is 0. The van der Waals surface area contributed by atoms with Crippen molar-refractivity contribution in [3.8, 4) is 34.1 Å². The van der Waals surface area contributed by atoms with Crippen molar-refractivity contribution in [1.29, 1.82) is 0 Å². The third-order valence-corrected chi connectivity index (χ3v) is 5.46. The van der Waals surface area contributed by atoms with Gasteiger partial charge in [0.1, 0.15) is 11.6 Å². The van der Waals surface area contributed by atoms with Crippen molar-refractivity contribution in [3.63, 3.8) is 0 Å².